The highest BCUT2D eigenvalue weighted by Crippen LogP contribution is 2.16. The van der Waals surface area contributed by atoms with E-state index in [0.29, 0.717) is 5.56 Å². The number of carbonyl (C=O) groups excluding carboxylic acids is 2. The van der Waals surface area contributed by atoms with Crippen molar-refractivity contribution in [3.8, 4) is 0 Å². The predicted molar refractivity (Wildman–Crippen MR) is 52.1 cm³/mol. The Balaban J connectivity index is 2.77. The Morgan fingerprint density at radius 1 is 1.47 bits per heavy atom. The van der Waals surface area contributed by atoms with Crippen LogP contribution in [-0.2, 0) is 20.7 Å². The quantitative estimate of drug-likeness (QED) is 0.587. The first-order chi connectivity index (χ1) is 7.04. The lowest BCUT2D eigenvalue weighted by Gasteiger charge is -2.01. The zero-order valence-electron chi connectivity index (χ0n) is 7.92. The van der Waals surface area contributed by atoms with Crippen LogP contribution >= 0.6 is 11.6 Å². The van der Waals surface area contributed by atoms with E-state index in [1.54, 1.807) is 0 Å². The summed E-state index contributed by atoms with van der Waals surface area (Å²) >= 11 is 5.51. The van der Waals surface area contributed by atoms with Gasteiger partial charge in [0.25, 0.3) is 0 Å². The third-order valence-corrected chi connectivity index (χ3v) is 2.05. The second-order valence-corrected chi connectivity index (χ2v) is 3.25. The van der Waals surface area contributed by atoms with Crippen molar-refractivity contribution in [2.24, 2.45) is 0 Å². The van der Waals surface area contributed by atoms with Gasteiger partial charge in [-0.25, -0.2) is 9.18 Å². The number of methoxy groups -OCH3 is 1. The first kappa shape index (κ1) is 11.7. The lowest BCUT2D eigenvalue weighted by molar-refractivity contribution is -0.151. The first-order valence-electron chi connectivity index (χ1n) is 4.09. The summed E-state index contributed by atoms with van der Waals surface area (Å²) in [5.41, 5.74) is 0.469. The van der Waals surface area contributed by atoms with Crippen LogP contribution in [0.25, 0.3) is 0 Å². The average Bonchev–Trinajstić information content (AvgIpc) is 2.22. The summed E-state index contributed by atoms with van der Waals surface area (Å²) in [6, 6.07) is 3.84. The topological polar surface area (TPSA) is 43.4 Å². The van der Waals surface area contributed by atoms with E-state index in [2.05, 4.69) is 4.74 Å². The summed E-state index contributed by atoms with van der Waals surface area (Å²) in [6.45, 7) is 0. The van der Waals surface area contributed by atoms with Gasteiger partial charge in [-0.05, 0) is 17.7 Å². The number of carbonyl (C=O) groups is 2. The first-order valence-corrected chi connectivity index (χ1v) is 4.47. The smallest absolute Gasteiger partial charge is 0.374 e. The highest BCUT2D eigenvalue weighted by molar-refractivity contribution is 6.34. The van der Waals surface area contributed by atoms with Gasteiger partial charge in [0, 0.05) is 6.42 Å². The number of ether oxygens (including phenoxy) is 1. The number of hydrogen-bond donors (Lipinski definition) is 0. The lowest BCUT2D eigenvalue weighted by atomic mass is 10.1. The molecular formula is C10H8ClFO3. The van der Waals surface area contributed by atoms with Gasteiger partial charge in [0.1, 0.15) is 5.82 Å². The molecule has 80 valence electrons. The zero-order valence-corrected chi connectivity index (χ0v) is 8.68. The Labute approximate surface area is 90.8 Å². The molecule has 0 unspecified atom stereocenters. The molecule has 1 aromatic rings. The highest BCUT2D eigenvalue weighted by atomic mass is 35.5. The van der Waals surface area contributed by atoms with E-state index < -0.39 is 17.6 Å². The highest BCUT2D eigenvalue weighted by Gasteiger charge is 2.14. The van der Waals surface area contributed by atoms with Gasteiger partial charge in [0.05, 0.1) is 12.1 Å². The number of benzene rings is 1. The Hall–Kier alpha value is -1.42. The molecule has 0 heterocycles. The molecule has 5 heteroatoms. The molecule has 0 radical (unpaired) electrons. The Morgan fingerprint density at radius 2 is 2.13 bits per heavy atom. The van der Waals surface area contributed by atoms with Crippen LogP contribution in [0.3, 0.4) is 0 Å². The summed E-state index contributed by atoms with van der Waals surface area (Å²) in [7, 11) is 1.12. The van der Waals surface area contributed by atoms with Crippen LogP contribution in [0.1, 0.15) is 5.56 Å². The van der Waals surface area contributed by atoms with Gasteiger partial charge in [-0.1, -0.05) is 17.7 Å². The minimum Gasteiger partial charge on any atom is -0.463 e. The summed E-state index contributed by atoms with van der Waals surface area (Å²) in [5.74, 6) is -2.18. The standard InChI is InChI=1S/C10H8ClFO3/c1-15-10(14)9(13)5-6-2-3-8(12)7(11)4-6/h2-4H,5H2,1H3. The van der Waals surface area contributed by atoms with Gasteiger partial charge in [-0.3, -0.25) is 4.79 Å². The number of Topliss-reactive ketones (excluding diaryl/α,β-unsaturated/α-hetero) is 1. The molecule has 3 nitrogen and oxygen atoms in total. The summed E-state index contributed by atoms with van der Waals surface area (Å²) in [4.78, 5) is 21.9. The second-order valence-electron chi connectivity index (χ2n) is 2.84. The SMILES string of the molecule is COC(=O)C(=O)Cc1ccc(F)c(Cl)c1. The molecule has 0 saturated heterocycles. The van der Waals surface area contributed by atoms with Gasteiger partial charge in [-0.2, -0.15) is 0 Å². The van der Waals surface area contributed by atoms with Crippen LogP contribution in [0.5, 0.6) is 0 Å². The van der Waals surface area contributed by atoms with E-state index in [0.717, 1.165) is 13.2 Å². The largest absolute Gasteiger partial charge is 0.463 e. The molecule has 0 aromatic heterocycles. The van der Waals surface area contributed by atoms with Crippen molar-refractivity contribution in [2.45, 2.75) is 6.42 Å². The molecule has 0 aliphatic rings. The lowest BCUT2D eigenvalue weighted by Crippen LogP contribution is -2.17. The number of hydrogen-bond acceptors (Lipinski definition) is 3. The molecule has 0 spiro atoms. The fraction of sp³-hybridized carbons (Fsp3) is 0.200. The molecule has 0 aliphatic heterocycles. The van der Waals surface area contributed by atoms with Gasteiger partial charge < -0.3 is 4.74 Å². The zero-order chi connectivity index (χ0) is 11.4. The molecule has 0 atom stereocenters. The second kappa shape index (κ2) is 4.89. The molecule has 0 amide bonds. The van der Waals surface area contributed by atoms with Crippen LogP contribution in [0, 0.1) is 5.82 Å². The van der Waals surface area contributed by atoms with Crippen LogP contribution < -0.4 is 0 Å². The van der Waals surface area contributed by atoms with Crippen molar-refractivity contribution in [1.82, 2.24) is 0 Å². The van der Waals surface area contributed by atoms with Gasteiger partial charge in [0.2, 0.25) is 5.78 Å². The number of ketones is 1. The number of esters is 1. The van der Waals surface area contributed by atoms with Crippen molar-refractivity contribution < 1.29 is 18.7 Å². The van der Waals surface area contributed by atoms with Crippen molar-refractivity contribution >= 4 is 23.4 Å². The van der Waals surface area contributed by atoms with E-state index >= 15 is 0 Å². The van der Waals surface area contributed by atoms with Crippen LogP contribution in [-0.4, -0.2) is 18.9 Å². The summed E-state index contributed by atoms with van der Waals surface area (Å²) in [5, 5.41) is -0.0786. The maximum Gasteiger partial charge on any atom is 0.374 e. The van der Waals surface area contributed by atoms with E-state index in [1.165, 1.54) is 12.1 Å². The van der Waals surface area contributed by atoms with Gasteiger partial charge >= 0.3 is 5.97 Å². The molecule has 1 aromatic carbocycles. The van der Waals surface area contributed by atoms with Crippen molar-refractivity contribution in [2.75, 3.05) is 7.11 Å². The molecule has 0 saturated carbocycles. The average molecular weight is 231 g/mol. The Bertz CT molecular complexity index is 404. The van der Waals surface area contributed by atoms with E-state index in [4.69, 9.17) is 11.6 Å². The van der Waals surface area contributed by atoms with Crippen molar-refractivity contribution in [1.29, 1.82) is 0 Å². The molecule has 0 fully saturated rings. The number of halogens is 2. The minimum atomic E-state index is -0.921. The summed E-state index contributed by atoms with van der Waals surface area (Å²) < 4.78 is 17.0. The summed E-state index contributed by atoms with van der Waals surface area (Å²) in [6.07, 6.45) is -0.146. The fourth-order valence-electron chi connectivity index (χ4n) is 1.02. The van der Waals surface area contributed by atoms with Crippen molar-refractivity contribution in [3.05, 3.63) is 34.6 Å². The van der Waals surface area contributed by atoms with E-state index in [9.17, 15) is 14.0 Å². The fourth-order valence-corrected chi connectivity index (χ4v) is 1.22. The van der Waals surface area contributed by atoms with Crippen LogP contribution in [0.2, 0.25) is 5.02 Å². The molecular weight excluding hydrogens is 223 g/mol. The van der Waals surface area contributed by atoms with Crippen LogP contribution in [0.15, 0.2) is 18.2 Å². The Kier molecular flexibility index (Phi) is 3.80. The van der Waals surface area contributed by atoms with Gasteiger partial charge in [-0.15, -0.1) is 0 Å². The minimum absolute atomic E-state index is 0.0786. The monoisotopic (exact) mass is 230 g/mol. The molecule has 15 heavy (non-hydrogen) atoms. The molecule has 0 bridgehead atoms. The molecule has 1 rings (SSSR count). The van der Waals surface area contributed by atoms with Crippen LogP contribution in [0.4, 0.5) is 4.39 Å². The molecule has 0 N–H and O–H groups in total. The maximum atomic E-state index is 12.8. The van der Waals surface area contributed by atoms with Crippen molar-refractivity contribution in [3.63, 3.8) is 0 Å². The van der Waals surface area contributed by atoms with E-state index in [-0.39, 0.29) is 11.4 Å². The van der Waals surface area contributed by atoms with E-state index in [1.807, 2.05) is 0 Å². The third kappa shape index (κ3) is 3.02. The molecule has 0 aliphatic carbocycles. The number of rotatable bonds is 3. The van der Waals surface area contributed by atoms with Gasteiger partial charge in [0.15, 0.2) is 0 Å². The third-order valence-electron chi connectivity index (χ3n) is 1.76. The Morgan fingerprint density at radius 3 is 2.67 bits per heavy atom. The predicted octanol–water partition coefficient (Wildman–Crippen LogP) is 1.76. The maximum absolute atomic E-state index is 12.8. The normalized spacial score (nSPS) is 9.80.